The molecule has 0 bridgehead atoms. The van der Waals surface area contributed by atoms with Gasteiger partial charge in [-0.15, -0.1) is 0 Å². The zero-order valence-corrected chi connectivity index (χ0v) is 34.3. The molecule has 0 spiro atoms. The molecule has 0 aliphatic carbocycles. The predicted molar refractivity (Wildman–Crippen MR) is 264 cm³/mol. The van der Waals surface area contributed by atoms with E-state index in [-0.39, 0.29) is 0 Å². The van der Waals surface area contributed by atoms with Gasteiger partial charge < -0.3 is 9.13 Å². The van der Waals surface area contributed by atoms with Crippen LogP contribution in [-0.2, 0) is 0 Å². The van der Waals surface area contributed by atoms with Gasteiger partial charge in [-0.25, -0.2) is 0 Å². The first-order chi connectivity index (χ1) is 31.8. The molecule has 0 aliphatic heterocycles. The van der Waals surface area contributed by atoms with E-state index in [0.717, 1.165) is 115 Å². The lowest BCUT2D eigenvalue weighted by Crippen LogP contribution is -2.11. The number of hydrogen-bond donors (Lipinski definition) is 0. The number of nitrogens with zero attached hydrogens (tertiary/aromatic N) is 5. The number of hydrogen-bond acceptors (Lipinski definition) is 3. The van der Waals surface area contributed by atoms with Crippen LogP contribution in [0.3, 0.4) is 0 Å². The highest BCUT2D eigenvalue weighted by Crippen LogP contribution is 2.54. The van der Waals surface area contributed by atoms with Crippen LogP contribution in [0.4, 0.5) is 0 Å². The zero-order chi connectivity index (χ0) is 42.0. The first kappa shape index (κ1) is 34.8. The molecule has 4 heterocycles. The fourth-order valence-electron chi connectivity index (χ4n) is 11.2. The largest absolute Gasteiger partial charge is 0.307 e. The molecule has 0 unspecified atom stereocenters. The lowest BCUT2D eigenvalue weighted by atomic mass is 9.82. The summed E-state index contributed by atoms with van der Waals surface area (Å²) in [6.45, 7) is 0. The number of nitriles is 1. The van der Waals surface area contributed by atoms with E-state index in [1.54, 1.807) is 0 Å². The molecule has 0 fully saturated rings. The molecule has 14 aromatic rings. The topological polar surface area (TPSA) is 59.4 Å². The first-order valence-electron chi connectivity index (χ1n) is 21.6. The van der Waals surface area contributed by atoms with E-state index in [1.165, 1.54) is 16.2 Å². The molecular weight excluding hydrogens is 779 g/mol. The summed E-state index contributed by atoms with van der Waals surface area (Å²) in [7, 11) is 0. The minimum atomic E-state index is 0.566. The maximum absolute atomic E-state index is 12.3. The van der Waals surface area contributed by atoms with Crippen molar-refractivity contribution in [2.45, 2.75) is 0 Å². The lowest BCUT2D eigenvalue weighted by molar-refractivity contribution is 1.12. The summed E-state index contributed by atoms with van der Waals surface area (Å²) in [5, 5.41) is 26.1. The molecule has 0 atom stereocenters. The molecule has 0 saturated carbocycles. The average molecular weight is 812 g/mol. The van der Waals surface area contributed by atoms with E-state index >= 15 is 0 Å². The van der Waals surface area contributed by atoms with Gasteiger partial charge in [0.05, 0.1) is 39.6 Å². The minimum Gasteiger partial charge on any atom is -0.307 e. The highest BCUT2D eigenvalue weighted by Gasteiger charge is 2.33. The van der Waals surface area contributed by atoms with Crippen LogP contribution in [-0.4, -0.2) is 19.1 Å². The Morgan fingerprint density at radius 3 is 1.27 bits per heavy atom. The molecule has 64 heavy (non-hydrogen) atoms. The summed E-state index contributed by atoms with van der Waals surface area (Å²) >= 11 is 0. The third-order valence-corrected chi connectivity index (χ3v) is 13.6. The monoisotopic (exact) mass is 811 g/mol. The van der Waals surface area contributed by atoms with Crippen LogP contribution < -0.4 is 0 Å². The number of aromatic nitrogens is 4. The van der Waals surface area contributed by atoms with Crippen molar-refractivity contribution in [3.05, 3.63) is 206 Å². The lowest BCUT2D eigenvalue weighted by Gasteiger charge is -2.27. The molecule has 0 saturated heterocycles. The molecule has 0 aliphatic rings. The number of fused-ring (bicyclic) bond motifs is 6. The van der Waals surface area contributed by atoms with Crippen molar-refractivity contribution < 1.29 is 0 Å². The van der Waals surface area contributed by atoms with E-state index < -0.39 is 0 Å². The maximum Gasteiger partial charge on any atom is 0.104 e. The molecule has 4 aromatic heterocycles. The van der Waals surface area contributed by atoms with Gasteiger partial charge in [0.1, 0.15) is 11.6 Å². The smallest absolute Gasteiger partial charge is 0.104 e. The summed E-state index contributed by atoms with van der Waals surface area (Å²) in [4.78, 5) is 9.60. The van der Waals surface area contributed by atoms with Crippen molar-refractivity contribution in [2.24, 2.45) is 0 Å². The van der Waals surface area contributed by atoms with Gasteiger partial charge in [0.15, 0.2) is 0 Å². The zero-order valence-electron chi connectivity index (χ0n) is 34.3. The van der Waals surface area contributed by atoms with E-state index in [2.05, 4.69) is 196 Å². The highest BCUT2D eigenvalue weighted by molar-refractivity contribution is 6.36. The van der Waals surface area contributed by atoms with Crippen molar-refractivity contribution in [2.75, 3.05) is 0 Å². The van der Waals surface area contributed by atoms with Crippen LogP contribution >= 0.6 is 0 Å². The Hall–Kier alpha value is -8.85. The Balaban J connectivity index is 1.30. The molecular formula is C59H33N5. The summed E-state index contributed by atoms with van der Waals surface area (Å²) < 4.78 is 4.74. The van der Waals surface area contributed by atoms with Gasteiger partial charge in [-0.1, -0.05) is 152 Å². The number of rotatable bonds is 5. The molecule has 5 heteroatoms. The second-order valence-corrected chi connectivity index (χ2v) is 16.7. The molecule has 294 valence electrons. The van der Waals surface area contributed by atoms with Gasteiger partial charge in [0.2, 0.25) is 0 Å². The Morgan fingerprint density at radius 1 is 0.328 bits per heavy atom. The first-order valence-corrected chi connectivity index (χ1v) is 21.6. The van der Waals surface area contributed by atoms with Crippen LogP contribution in [0.5, 0.6) is 0 Å². The van der Waals surface area contributed by atoms with Gasteiger partial charge >= 0.3 is 0 Å². The van der Waals surface area contributed by atoms with Crippen LogP contribution in [0.1, 0.15) is 5.56 Å². The molecule has 10 aromatic carbocycles. The maximum atomic E-state index is 12.3. The fraction of sp³-hybridized carbons (Fsp3) is 0. The van der Waals surface area contributed by atoms with Crippen molar-refractivity contribution in [3.63, 3.8) is 0 Å². The molecule has 0 amide bonds. The van der Waals surface area contributed by atoms with Crippen LogP contribution in [0.15, 0.2) is 201 Å². The second-order valence-electron chi connectivity index (χ2n) is 16.7. The summed E-state index contributed by atoms with van der Waals surface area (Å²) in [5.74, 6) is 0. The third-order valence-electron chi connectivity index (χ3n) is 13.6. The van der Waals surface area contributed by atoms with Gasteiger partial charge in [-0.05, 0) is 73.3 Å². The third kappa shape index (κ3) is 4.50. The Morgan fingerprint density at radius 2 is 0.734 bits per heavy atom. The molecule has 0 radical (unpaired) electrons. The SMILES string of the molecule is N#Cc1c(-n2c3cccc4c5ccncc5c5cccc2c5c43)c(-c2ccccc2)c(-c2ccccc2)c(-c2ccccc2)c1-n1c2cccc3c4ccccc4c4cncc1c4c32. The average Bonchev–Trinajstić information content (AvgIpc) is 3.89. The van der Waals surface area contributed by atoms with Crippen molar-refractivity contribution in [1.82, 2.24) is 19.1 Å². The van der Waals surface area contributed by atoms with E-state index in [1.807, 2.05) is 24.8 Å². The van der Waals surface area contributed by atoms with Gasteiger partial charge in [0.25, 0.3) is 0 Å². The van der Waals surface area contributed by atoms with Crippen LogP contribution in [0, 0.1) is 11.3 Å². The minimum absolute atomic E-state index is 0.566. The summed E-state index contributed by atoms with van der Waals surface area (Å²) in [6, 6.07) is 65.5. The second kappa shape index (κ2) is 13.1. The summed E-state index contributed by atoms with van der Waals surface area (Å²) in [5.41, 5.74) is 12.3. The van der Waals surface area contributed by atoms with Gasteiger partial charge in [-0.2, -0.15) is 5.26 Å². The predicted octanol–water partition coefficient (Wildman–Crippen LogP) is 15.0. The molecule has 5 nitrogen and oxygen atoms in total. The number of benzene rings is 10. The highest BCUT2D eigenvalue weighted by atomic mass is 15.0. The van der Waals surface area contributed by atoms with Crippen LogP contribution in [0.2, 0.25) is 0 Å². The number of pyridine rings is 2. The van der Waals surface area contributed by atoms with Crippen molar-refractivity contribution in [3.8, 4) is 50.8 Å². The standard InChI is InChI=1S/C59H33N5/c60-31-44-58(63-47-26-13-24-42-40-29-30-61-32-45(40)43-25-14-27-48(63)56(43)54(42)47)52(36-17-6-2-7-18-36)51(35-15-4-1-5-16-35)53(37-19-8-3-9-20-37)59(44)64-49-28-12-23-41-38-21-10-11-22-39(38)46-33-62-34-50(64)57(46)55(41)49/h1-30,32-34H. The van der Waals surface area contributed by atoms with Crippen LogP contribution in [0.25, 0.3) is 131 Å². The van der Waals surface area contributed by atoms with E-state index in [9.17, 15) is 5.26 Å². The van der Waals surface area contributed by atoms with Crippen molar-refractivity contribution in [1.29, 1.82) is 5.26 Å². The Bertz CT molecular complexity index is 3810. The normalized spacial score (nSPS) is 12.0. The quantitative estimate of drug-likeness (QED) is 0.163. The summed E-state index contributed by atoms with van der Waals surface area (Å²) in [6.07, 6.45) is 7.87. The Labute approximate surface area is 366 Å². The molecule has 0 N–H and O–H groups in total. The van der Waals surface area contributed by atoms with E-state index in [4.69, 9.17) is 4.98 Å². The van der Waals surface area contributed by atoms with Gasteiger partial charge in [-0.3, -0.25) is 9.97 Å². The van der Waals surface area contributed by atoms with Crippen molar-refractivity contribution >= 4 is 86.7 Å². The Kier molecular flexibility index (Phi) is 7.12. The fourth-order valence-corrected chi connectivity index (χ4v) is 11.2. The van der Waals surface area contributed by atoms with Gasteiger partial charge in [0, 0.05) is 67.6 Å². The molecule has 14 rings (SSSR count). The van der Waals surface area contributed by atoms with E-state index in [0.29, 0.717) is 5.56 Å².